The largest absolute Gasteiger partial charge is 0.481 e. The number of hydrogen-bond acceptors (Lipinski definition) is 3. The van der Waals surface area contributed by atoms with Gasteiger partial charge in [0.05, 0.1) is 11.5 Å². The fourth-order valence-corrected chi connectivity index (χ4v) is 2.39. The van der Waals surface area contributed by atoms with E-state index in [4.69, 9.17) is 5.11 Å². The Hall–Kier alpha value is -0.610. The molecular weight excluding hydrogens is 194 g/mol. The first-order valence-corrected chi connectivity index (χ1v) is 5.71. The minimum atomic E-state index is -0.994. The summed E-state index contributed by atoms with van der Waals surface area (Å²) in [4.78, 5) is 13.3. The Labute approximate surface area is 90.9 Å². The van der Waals surface area contributed by atoms with E-state index in [0.717, 1.165) is 19.6 Å². The maximum Gasteiger partial charge on any atom is 0.309 e. The molecule has 0 aromatic rings. The highest BCUT2D eigenvalue weighted by Gasteiger charge is 2.42. The van der Waals surface area contributed by atoms with E-state index in [1.165, 1.54) is 0 Å². The summed E-state index contributed by atoms with van der Waals surface area (Å²) in [5.74, 6) is -1.48. The number of aliphatic hydroxyl groups is 1. The van der Waals surface area contributed by atoms with Crippen LogP contribution in [0.4, 0.5) is 0 Å². The molecule has 0 bridgehead atoms. The van der Waals surface area contributed by atoms with Crippen LogP contribution in [0, 0.1) is 5.92 Å². The van der Waals surface area contributed by atoms with Crippen molar-refractivity contribution >= 4 is 5.97 Å². The standard InChI is InChI=1S/C11H21NO3/c1-3-9(10(13)14)11(15)5-7-12(4-2)8-6-11/h9,15H,3-8H2,1-2H3,(H,13,14). The second-order valence-corrected chi connectivity index (χ2v) is 4.34. The van der Waals surface area contributed by atoms with Crippen LogP contribution in [0.2, 0.25) is 0 Å². The van der Waals surface area contributed by atoms with Crippen LogP contribution < -0.4 is 0 Å². The number of piperidine rings is 1. The van der Waals surface area contributed by atoms with Crippen molar-refractivity contribution in [3.8, 4) is 0 Å². The highest BCUT2D eigenvalue weighted by molar-refractivity contribution is 5.71. The second kappa shape index (κ2) is 4.94. The molecule has 0 radical (unpaired) electrons. The van der Waals surface area contributed by atoms with Gasteiger partial charge in [-0.25, -0.2) is 0 Å². The molecule has 1 rings (SSSR count). The molecule has 1 aliphatic heterocycles. The minimum Gasteiger partial charge on any atom is -0.481 e. The Balaban J connectivity index is 2.63. The number of likely N-dealkylation sites (tertiary alicyclic amines) is 1. The summed E-state index contributed by atoms with van der Waals surface area (Å²) in [6.07, 6.45) is 1.65. The Morgan fingerprint density at radius 3 is 2.27 bits per heavy atom. The van der Waals surface area contributed by atoms with Crippen LogP contribution in [-0.4, -0.2) is 46.3 Å². The van der Waals surface area contributed by atoms with Gasteiger partial charge in [-0.05, 0) is 25.8 Å². The predicted octanol–water partition coefficient (Wildman–Crippen LogP) is 0.944. The van der Waals surface area contributed by atoms with Crippen molar-refractivity contribution < 1.29 is 15.0 Å². The molecule has 0 spiro atoms. The topological polar surface area (TPSA) is 60.8 Å². The zero-order valence-corrected chi connectivity index (χ0v) is 9.57. The van der Waals surface area contributed by atoms with Crippen molar-refractivity contribution in [1.82, 2.24) is 4.90 Å². The summed E-state index contributed by atoms with van der Waals surface area (Å²) in [5.41, 5.74) is -0.994. The van der Waals surface area contributed by atoms with Crippen molar-refractivity contribution in [2.75, 3.05) is 19.6 Å². The average Bonchev–Trinajstić information content (AvgIpc) is 2.19. The van der Waals surface area contributed by atoms with Crippen LogP contribution in [0.25, 0.3) is 0 Å². The van der Waals surface area contributed by atoms with Gasteiger partial charge in [0.25, 0.3) is 0 Å². The quantitative estimate of drug-likeness (QED) is 0.733. The van der Waals surface area contributed by atoms with Crippen LogP contribution in [0.3, 0.4) is 0 Å². The molecule has 0 amide bonds. The number of rotatable bonds is 4. The van der Waals surface area contributed by atoms with Gasteiger partial charge in [0.1, 0.15) is 0 Å². The third-order valence-electron chi connectivity index (χ3n) is 3.52. The number of aliphatic carboxylic acids is 1. The molecule has 1 aliphatic rings. The van der Waals surface area contributed by atoms with Crippen molar-refractivity contribution in [3.05, 3.63) is 0 Å². The van der Waals surface area contributed by atoms with Crippen LogP contribution in [0.5, 0.6) is 0 Å². The monoisotopic (exact) mass is 215 g/mol. The van der Waals surface area contributed by atoms with Crippen LogP contribution in [0.1, 0.15) is 33.1 Å². The number of nitrogens with zero attached hydrogens (tertiary/aromatic N) is 1. The van der Waals surface area contributed by atoms with Gasteiger partial charge in [-0.1, -0.05) is 13.8 Å². The number of carbonyl (C=O) groups is 1. The van der Waals surface area contributed by atoms with E-state index in [2.05, 4.69) is 11.8 Å². The Morgan fingerprint density at radius 1 is 1.40 bits per heavy atom. The second-order valence-electron chi connectivity index (χ2n) is 4.34. The summed E-state index contributed by atoms with van der Waals surface area (Å²) >= 11 is 0. The summed E-state index contributed by atoms with van der Waals surface area (Å²) in [5, 5.41) is 19.3. The lowest BCUT2D eigenvalue weighted by molar-refractivity contribution is -0.156. The molecule has 2 N–H and O–H groups in total. The van der Waals surface area contributed by atoms with Crippen molar-refractivity contribution in [1.29, 1.82) is 0 Å². The van der Waals surface area contributed by atoms with Crippen LogP contribution >= 0.6 is 0 Å². The SMILES string of the molecule is CCC(C(=O)O)C1(O)CCN(CC)CC1. The first-order valence-electron chi connectivity index (χ1n) is 5.71. The van der Waals surface area contributed by atoms with Crippen molar-refractivity contribution in [3.63, 3.8) is 0 Å². The molecule has 1 heterocycles. The van der Waals surface area contributed by atoms with Gasteiger partial charge in [0.2, 0.25) is 0 Å². The van der Waals surface area contributed by atoms with E-state index in [1.54, 1.807) is 0 Å². The fourth-order valence-electron chi connectivity index (χ4n) is 2.39. The Morgan fingerprint density at radius 2 is 1.93 bits per heavy atom. The van der Waals surface area contributed by atoms with Crippen molar-refractivity contribution in [2.24, 2.45) is 5.92 Å². The predicted molar refractivity (Wildman–Crippen MR) is 57.7 cm³/mol. The van der Waals surface area contributed by atoms with Gasteiger partial charge in [-0.15, -0.1) is 0 Å². The van der Waals surface area contributed by atoms with Crippen LogP contribution in [0.15, 0.2) is 0 Å². The third-order valence-corrected chi connectivity index (χ3v) is 3.52. The first-order chi connectivity index (χ1) is 7.03. The van der Waals surface area contributed by atoms with Gasteiger partial charge < -0.3 is 15.1 Å². The fraction of sp³-hybridized carbons (Fsp3) is 0.909. The Kier molecular flexibility index (Phi) is 4.11. The molecule has 1 fully saturated rings. The zero-order chi connectivity index (χ0) is 11.5. The van der Waals surface area contributed by atoms with Crippen molar-refractivity contribution in [2.45, 2.75) is 38.7 Å². The maximum atomic E-state index is 11.0. The van der Waals surface area contributed by atoms with Crippen LogP contribution in [-0.2, 0) is 4.79 Å². The first kappa shape index (κ1) is 12.5. The smallest absolute Gasteiger partial charge is 0.309 e. The van der Waals surface area contributed by atoms with Gasteiger partial charge in [0, 0.05) is 13.1 Å². The van der Waals surface area contributed by atoms with Gasteiger partial charge in [-0.2, -0.15) is 0 Å². The van der Waals surface area contributed by atoms with E-state index in [1.807, 2.05) is 6.92 Å². The number of carboxylic acid groups (broad SMARTS) is 1. The third kappa shape index (κ3) is 2.69. The zero-order valence-electron chi connectivity index (χ0n) is 9.57. The summed E-state index contributed by atoms with van der Waals surface area (Å²) in [6.45, 7) is 6.48. The lowest BCUT2D eigenvalue weighted by Gasteiger charge is -2.40. The molecule has 4 heteroatoms. The van der Waals surface area contributed by atoms with E-state index in [-0.39, 0.29) is 0 Å². The normalized spacial score (nSPS) is 23.7. The molecule has 0 aromatic carbocycles. The maximum absolute atomic E-state index is 11.0. The molecule has 1 unspecified atom stereocenters. The van der Waals surface area contributed by atoms with E-state index in [9.17, 15) is 9.90 Å². The Bertz CT molecular complexity index is 222. The minimum absolute atomic E-state index is 0.498. The van der Waals surface area contributed by atoms with Gasteiger partial charge in [-0.3, -0.25) is 4.79 Å². The molecule has 1 atom stereocenters. The average molecular weight is 215 g/mol. The molecule has 0 saturated carbocycles. The van der Waals surface area contributed by atoms with Gasteiger partial charge >= 0.3 is 5.97 Å². The number of hydrogen-bond donors (Lipinski definition) is 2. The van der Waals surface area contributed by atoms with E-state index in [0.29, 0.717) is 19.3 Å². The molecule has 4 nitrogen and oxygen atoms in total. The van der Waals surface area contributed by atoms with E-state index < -0.39 is 17.5 Å². The lowest BCUT2D eigenvalue weighted by Crippen LogP contribution is -2.50. The lowest BCUT2D eigenvalue weighted by atomic mass is 9.78. The van der Waals surface area contributed by atoms with Gasteiger partial charge in [0.15, 0.2) is 0 Å². The number of carboxylic acids is 1. The molecule has 88 valence electrons. The molecule has 0 aromatic heterocycles. The summed E-state index contributed by atoms with van der Waals surface area (Å²) in [7, 11) is 0. The summed E-state index contributed by atoms with van der Waals surface area (Å²) < 4.78 is 0. The molecule has 1 saturated heterocycles. The van der Waals surface area contributed by atoms with E-state index >= 15 is 0 Å². The molecule has 15 heavy (non-hydrogen) atoms. The molecule has 0 aliphatic carbocycles. The summed E-state index contributed by atoms with van der Waals surface area (Å²) in [6, 6.07) is 0. The highest BCUT2D eigenvalue weighted by Crippen LogP contribution is 2.32. The highest BCUT2D eigenvalue weighted by atomic mass is 16.4. The molecular formula is C11H21NO3.